The van der Waals surface area contributed by atoms with Gasteiger partial charge in [-0.2, -0.15) is 44.3 Å². The van der Waals surface area contributed by atoms with Crippen molar-refractivity contribution in [3.8, 4) is 0 Å². The number of nitrogens with two attached hydrogens (primary N) is 1. The van der Waals surface area contributed by atoms with E-state index in [0.717, 1.165) is 21.8 Å². The number of nitrogens with zero attached hydrogens (tertiary/aromatic N) is 6. The van der Waals surface area contributed by atoms with Crippen molar-refractivity contribution in [2.24, 2.45) is 18.7 Å². The van der Waals surface area contributed by atoms with Gasteiger partial charge in [-0.3, -0.25) is 9.69 Å². The summed E-state index contributed by atoms with van der Waals surface area (Å²) in [5.41, 5.74) is 1.54. The lowest BCUT2D eigenvalue weighted by molar-refractivity contribution is -0.143. The molecule has 1 saturated heterocycles. The molecule has 0 bridgehead atoms. The summed E-state index contributed by atoms with van der Waals surface area (Å²) in [6.07, 6.45) is -13.4. The lowest BCUT2D eigenvalue weighted by Crippen LogP contribution is -2.43. The number of hydrogen-bond donors (Lipinski definition) is 1. The molecule has 4 rings (SSSR count). The molecule has 2 N–H and O–H groups in total. The van der Waals surface area contributed by atoms with E-state index in [-0.39, 0.29) is 24.1 Å². The van der Waals surface area contributed by atoms with Gasteiger partial charge in [0.15, 0.2) is 0 Å². The number of halogens is 9. The molecule has 2 heterocycles. The zero-order chi connectivity index (χ0) is 33.3. The second-order valence-electron chi connectivity index (χ2n) is 10.9. The third-order valence-corrected chi connectivity index (χ3v) is 7.67. The molecule has 246 valence electrons. The smallest absolute Gasteiger partial charge is 0.369 e. The van der Waals surface area contributed by atoms with Crippen LogP contribution in [0.3, 0.4) is 0 Å². The van der Waals surface area contributed by atoms with Gasteiger partial charge in [0, 0.05) is 25.7 Å². The van der Waals surface area contributed by atoms with E-state index in [1.54, 1.807) is 0 Å². The first-order chi connectivity index (χ1) is 20.9. The van der Waals surface area contributed by atoms with Crippen LogP contribution < -0.4 is 10.6 Å². The number of anilines is 1. The first-order valence-corrected chi connectivity index (χ1v) is 13.9. The van der Waals surface area contributed by atoms with Gasteiger partial charge in [-0.25, -0.2) is 0 Å². The minimum Gasteiger partial charge on any atom is -0.369 e. The Morgan fingerprint density at radius 2 is 1.58 bits per heavy atom. The van der Waals surface area contributed by atoms with Gasteiger partial charge in [0.05, 0.1) is 29.7 Å². The Morgan fingerprint density at radius 1 is 0.956 bits per heavy atom. The summed E-state index contributed by atoms with van der Waals surface area (Å²) < 4.78 is 123. The SMILES string of the molecule is CCC(c1ccc(C(F)(F)F)cc1CN(Cc1cc(C(F)(F)F)cc(C(F)(F)F)c1)c1nnn(C)n1)N1CCC[C@@H](C(N)=O)C1. The molecule has 1 aliphatic rings. The van der Waals surface area contributed by atoms with Gasteiger partial charge in [-0.15, -0.1) is 5.10 Å². The maximum Gasteiger partial charge on any atom is 0.416 e. The number of aryl methyl sites for hydroxylation is 1. The first kappa shape index (κ1) is 34.0. The Balaban J connectivity index is 1.81. The summed E-state index contributed by atoms with van der Waals surface area (Å²) in [7, 11) is 1.37. The summed E-state index contributed by atoms with van der Waals surface area (Å²) in [6.45, 7) is 1.56. The molecule has 1 amide bonds. The van der Waals surface area contributed by atoms with Gasteiger partial charge in [-0.1, -0.05) is 18.1 Å². The summed E-state index contributed by atoms with van der Waals surface area (Å²) >= 11 is 0. The Morgan fingerprint density at radius 3 is 2.09 bits per heavy atom. The van der Waals surface area contributed by atoms with Crippen molar-refractivity contribution in [1.82, 2.24) is 25.1 Å². The van der Waals surface area contributed by atoms with E-state index in [1.165, 1.54) is 13.1 Å². The van der Waals surface area contributed by atoms with Crippen molar-refractivity contribution in [3.05, 3.63) is 69.8 Å². The van der Waals surface area contributed by atoms with Gasteiger partial charge < -0.3 is 10.6 Å². The molecule has 1 aliphatic heterocycles. The monoisotopic (exact) mass is 651 g/mol. The van der Waals surface area contributed by atoms with Crippen molar-refractivity contribution < 1.29 is 44.3 Å². The molecule has 3 aromatic rings. The molecule has 8 nitrogen and oxygen atoms in total. The van der Waals surface area contributed by atoms with Crippen LogP contribution in [0, 0.1) is 5.92 Å². The largest absolute Gasteiger partial charge is 0.416 e. The maximum absolute atomic E-state index is 13.9. The second kappa shape index (κ2) is 12.8. The van der Waals surface area contributed by atoms with Crippen molar-refractivity contribution >= 4 is 11.9 Å². The Kier molecular flexibility index (Phi) is 9.70. The number of alkyl halides is 9. The van der Waals surface area contributed by atoms with Gasteiger partial charge in [-0.05, 0) is 78.0 Å². The van der Waals surface area contributed by atoms with E-state index in [9.17, 15) is 44.3 Å². The van der Waals surface area contributed by atoms with E-state index in [0.29, 0.717) is 43.5 Å². The molecule has 1 unspecified atom stereocenters. The Hall–Kier alpha value is -3.89. The third-order valence-electron chi connectivity index (χ3n) is 7.67. The zero-order valence-electron chi connectivity index (χ0n) is 24.1. The van der Waals surface area contributed by atoms with E-state index in [4.69, 9.17) is 5.73 Å². The van der Waals surface area contributed by atoms with Crippen molar-refractivity contribution in [1.29, 1.82) is 0 Å². The summed E-state index contributed by atoms with van der Waals surface area (Å²) in [6, 6.07) is 3.69. The minimum atomic E-state index is -5.11. The highest BCUT2D eigenvalue weighted by atomic mass is 19.4. The maximum atomic E-state index is 13.9. The van der Waals surface area contributed by atoms with E-state index in [1.807, 2.05) is 11.8 Å². The predicted molar refractivity (Wildman–Crippen MR) is 143 cm³/mol. The lowest BCUT2D eigenvalue weighted by Gasteiger charge is -2.38. The highest BCUT2D eigenvalue weighted by molar-refractivity contribution is 5.77. The van der Waals surface area contributed by atoms with Crippen LogP contribution in [-0.4, -0.2) is 44.1 Å². The quantitative estimate of drug-likeness (QED) is 0.281. The molecule has 0 aliphatic carbocycles. The fraction of sp³-hybridized carbons (Fsp3) is 0.500. The van der Waals surface area contributed by atoms with Crippen LogP contribution in [0.25, 0.3) is 0 Å². The number of hydrogen-bond acceptors (Lipinski definition) is 6. The Bertz CT molecular complexity index is 1470. The zero-order valence-corrected chi connectivity index (χ0v) is 24.1. The molecule has 0 radical (unpaired) electrons. The van der Waals surface area contributed by atoms with Crippen LogP contribution in [0.2, 0.25) is 0 Å². The summed E-state index contributed by atoms with van der Waals surface area (Å²) in [5, 5.41) is 11.5. The summed E-state index contributed by atoms with van der Waals surface area (Å²) in [5.74, 6) is -1.19. The lowest BCUT2D eigenvalue weighted by atomic mass is 9.90. The molecule has 1 aromatic heterocycles. The van der Waals surface area contributed by atoms with E-state index >= 15 is 0 Å². The van der Waals surface area contributed by atoms with Gasteiger partial charge >= 0.3 is 18.5 Å². The Labute approximate surface area is 252 Å². The number of likely N-dealkylation sites (tertiary alicyclic amines) is 1. The molecule has 17 heteroatoms. The normalized spacial score (nSPS) is 17.4. The number of amides is 1. The molecule has 0 saturated carbocycles. The second-order valence-corrected chi connectivity index (χ2v) is 10.9. The topological polar surface area (TPSA) is 93.2 Å². The van der Waals surface area contributed by atoms with Crippen LogP contribution in [-0.2, 0) is 43.5 Å². The third kappa shape index (κ3) is 8.23. The number of aromatic nitrogens is 4. The fourth-order valence-corrected chi connectivity index (χ4v) is 5.58. The van der Waals surface area contributed by atoms with Crippen LogP contribution in [0.5, 0.6) is 0 Å². The minimum absolute atomic E-state index is 0.0108. The molecule has 2 atom stereocenters. The average Bonchev–Trinajstić information content (AvgIpc) is 3.38. The number of rotatable bonds is 9. The standard InChI is InChI=1S/C28H30F9N7O/c1-3-23(43-8-4-5-17(14-43)24(38)45)22-7-6-19(26(29,30)31)11-18(22)15-44(25-39-41-42(2)40-25)13-16-9-20(27(32,33)34)12-21(10-16)28(35,36)37/h6-7,9-12,17,23H,3-5,8,13-15H2,1-2H3,(H2,38,45)/t17-,23?/m1/s1. The molecule has 45 heavy (non-hydrogen) atoms. The average molecular weight is 652 g/mol. The van der Waals surface area contributed by atoms with Crippen molar-refractivity contribution in [3.63, 3.8) is 0 Å². The van der Waals surface area contributed by atoms with Gasteiger partial charge in [0.25, 0.3) is 5.95 Å². The van der Waals surface area contributed by atoms with Crippen molar-refractivity contribution in [2.75, 3.05) is 18.0 Å². The van der Waals surface area contributed by atoms with E-state index < -0.39 is 71.7 Å². The van der Waals surface area contributed by atoms with Crippen LogP contribution in [0.1, 0.15) is 65.6 Å². The van der Waals surface area contributed by atoms with Crippen LogP contribution in [0.15, 0.2) is 36.4 Å². The fourth-order valence-electron chi connectivity index (χ4n) is 5.58. The highest BCUT2D eigenvalue weighted by Crippen LogP contribution is 2.39. The number of carbonyl (C=O) groups is 1. The highest BCUT2D eigenvalue weighted by Gasteiger charge is 2.38. The van der Waals surface area contributed by atoms with Gasteiger partial charge in [0.1, 0.15) is 0 Å². The summed E-state index contributed by atoms with van der Waals surface area (Å²) in [4.78, 5) is 16.0. The molecule has 1 fully saturated rings. The molecule has 0 spiro atoms. The first-order valence-electron chi connectivity index (χ1n) is 13.9. The number of tetrazole rings is 1. The van der Waals surface area contributed by atoms with Crippen LogP contribution >= 0.6 is 0 Å². The van der Waals surface area contributed by atoms with Crippen molar-refractivity contribution in [2.45, 2.75) is 63.8 Å². The number of carbonyl (C=O) groups excluding carboxylic acids is 1. The van der Waals surface area contributed by atoms with E-state index in [2.05, 4.69) is 15.4 Å². The number of piperidine rings is 1. The van der Waals surface area contributed by atoms with Crippen LogP contribution in [0.4, 0.5) is 45.5 Å². The molecular weight excluding hydrogens is 621 g/mol. The van der Waals surface area contributed by atoms with Gasteiger partial charge in [0.2, 0.25) is 5.91 Å². The number of benzene rings is 2. The molecular formula is C28H30F9N7O. The predicted octanol–water partition coefficient (Wildman–Crippen LogP) is 6.12. The molecule has 2 aromatic carbocycles. The number of primary amides is 1.